The molecule has 0 radical (unpaired) electrons. The van der Waals surface area contributed by atoms with Crippen molar-refractivity contribution in [3.8, 4) is 34.2 Å². The number of rotatable bonds is 6. The second kappa shape index (κ2) is 9.69. The van der Waals surface area contributed by atoms with Gasteiger partial charge < -0.3 is 15.4 Å². The maximum absolute atomic E-state index is 15.7. The number of ether oxygens (including phenoxy) is 1. The smallest absolute Gasteiger partial charge is 0.274 e. The fourth-order valence-electron chi connectivity index (χ4n) is 4.93. The van der Waals surface area contributed by atoms with Crippen LogP contribution in [0.5, 0.6) is 5.75 Å². The summed E-state index contributed by atoms with van der Waals surface area (Å²) in [5.74, 6) is -0.643. The van der Waals surface area contributed by atoms with Gasteiger partial charge in [0.15, 0.2) is 5.82 Å². The van der Waals surface area contributed by atoms with Gasteiger partial charge in [0.05, 0.1) is 45.3 Å². The van der Waals surface area contributed by atoms with Crippen molar-refractivity contribution >= 4 is 28.1 Å². The highest BCUT2D eigenvalue weighted by Crippen LogP contribution is 2.44. The summed E-state index contributed by atoms with van der Waals surface area (Å²) in [5.41, 5.74) is 7.16. The molecule has 2 aromatic heterocycles. The van der Waals surface area contributed by atoms with Crippen LogP contribution in [0.3, 0.4) is 0 Å². The van der Waals surface area contributed by atoms with E-state index in [4.69, 9.17) is 22.1 Å². The van der Waals surface area contributed by atoms with E-state index in [2.05, 4.69) is 21.4 Å². The predicted octanol–water partition coefficient (Wildman–Crippen LogP) is 4.63. The molecule has 9 nitrogen and oxygen atoms in total. The van der Waals surface area contributed by atoms with Gasteiger partial charge in [-0.1, -0.05) is 11.6 Å². The van der Waals surface area contributed by atoms with Crippen LogP contribution in [0.2, 0.25) is 5.02 Å². The van der Waals surface area contributed by atoms with Crippen molar-refractivity contribution in [2.75, 3.05) is 18.0 Å². The molecular weight excluding hydrogens is 547 g/mol. The van der Waals surface area contributed by atoms with Crippen LogP contribution < -0.4 is 20.9 Å². The molecule has 3 heterocycles. The van der Waals surface area contributed by atoms with Gasteiger partial charge in [-0.3, -0.25) is 9.48 Å². The molecule has 6 rings (SSSR count). The van der Waals surface area contributed by atoms with Crippen molar-refractivity contribution in [3.63, 3.8) is 0 Å². The molecule has 1 saturated carbocycles. The number of anilines is 1. The Kier molecular flexibility index (Phi) is 6.28. The van der Waals surface area contributed by atoms with E-state index in [1.165, 1.54) is 16.9 Å². The molecule has 40 heavy (non-hydrogen) atoms. The summed E-state index contributed by atoms with van der Waals surface area (Å²) in [6.45, 7) is -0.141. The lowest BCUT2D eigenvalue weighted by Gasteiger charge is -2.36. The largest absolute Gasteiger partial charge is 0.489 e. The lowest BCUT2D eigenvalue weighted by Crippen LogP contribution is -2.41. The molecule has 2 fully saturated rings. The molecular formula is C27H21ClF3N7O2. The van der Waals surface area contributed by atoms with E-state index >= 15 is 4.39 Å². The van der Waals surface area contributed by atoms with Crippen LogP contribution in [-0.2, 0) is 13.6 Å². The van der Waals surface area contributed by atoms with E-state index in [9.17, 15) is 18.8 Å². The van der Waals surface area contributed by atoms with Gasteiger partial charge in [0.2, 0.25) is 0 Å². The number of nitrogens with two attached hydrogens (primary N) is 1. The van der Waals surface area contributed by atoms with Crippen molar-refractivity contribution in [2.45, 2.75) is 25.5 Å². The predicted molar refractivity (Wildman–Crippen MR) is 143 cm³/mol. The number of aryl methyl sites for hydroxylation is 1. The van der Waals surface area contributed by atoms with Gasteiger partial charge in [0.1, 0.15) is 17.4 Å². The first-order valence-corrected chi connectivity index (χ1v) is 12.7. The summed E-state index contributed by atoms with van der Waals surface area (Å²) in [4.78, 5) is 14.5. The second-order valence-corrected chi connectivity index (χ2v) is 10.1. The minimum absolute atomic E-state index is 0.0102. The molecule has 0 bridgehead atoms. The summed E-state index contributed by atoms with van der Waals surface area (Å²) in [6.07, 6.45) is 1.31. The first-order chi connectivity index (χ1) is 19.2. The Morgan fingerprint density at radius 1 is 1.30 bits per heavy atom. The lowest BCUT2D eigenvalue weighted by atomic mass is 9.94. The zero-order valence-electron chi connectivity index (χ0n) is 21.1. The maximum Gasteiger partial charge on any atom is 0.274 e. The Morgan fingerprint density at radius 2 is 2.05 bits per heavy atom. The number of benzene rings is 2. The van der Waals surface area contributed by atoms with E-state index in [0.29, 0.717) is 27.9 Å². The summed E-state index contributed by atoms with van der Waals surface area (Å²) in [7, 11) is 1.60. The number of nitrogens with one attached hydrogen (secondary N) is 1. The number of nitrogens with zero attached hydrogens (tertiary/aromatic N) is 5. The van der Waals surface area contributed by atoms with E-state index < -0.39 is 17.5 Å². The fraction of sp³-hybridized carbons (Fsp3) is 0.259. The normalized spacial score (nSPS) is 14.8. The molecule has 0 spiro atoms. The minimum Gasteiger partial charge on any atom is -0.489 e. The van der Waals surface area contributed by atoms with E-state index in [0.717, 1.165) is 12.8 Å². The van der Waals surface area contributed by atoms with Crippen LogP contribution >= 0.6 is 11.6 Å². The first-order valence-electron chi connectivity index (χ1n) is 12.4. The Labute approximate surface area is 230 Å². The Bertz CT molecular complexity index is 1830. The number of halogens is 4. The summed E-state index contributed by atoms with van der Waals surface area (Å²) >= 11 is 6.26. The SMILES string of the molecule is Cn1ncc(-c2cc(N3CC(=C(F)F)C3)c3c(=O)[nH]nc(CN)c3c2)c1-c1c(F)c(Cl)cc(OC2CC2)c1C#N. The molecule has 1 aliphatic carbocycles. The van der Waals surface area contributed by atoms with Gasteiger partial charge in [-0.25, -0.2) is 9.49 Å². The number of fused-ring (bicyclic) bond motifs is 1. The molecule has 204 valence electrons. The Balaban J connectivity index is 1.61. The van der Waals surface area contributed by atoms with Crippen molar-refractivity contribution in [3.05, 3.63) is 68.5 Å². The third-order valence-electron chi connectivity index (χ3n) is 7.11. The molecule has 3 N–H and O–H groups in total. The second-order valence-electron chi connectivity index (χ2n) is 9.72. The monoisotopic (exact) mass is 567 g/mol. The van der Waals surface area contributed by atoms with E-state index in [-0.39, 0.29) is 64.3 Å². The lowest BCUT2D eigenvalue weighted by molar-refractivity contribution is 0.302. The molecule has 4 aromatic rings. The van der Waals surface area contributed by atoms with Gasteiger partial charge in [-0.05, 0) is 30.5 Å². The van der Waals surface area contributed by atoms with Gasteiger partial charge in [0, 0.05) is 49.3 Å². The molecule has 2 aromatic carbocycles. The van der Waals surface area contributed by atoms with E-state index in [1.807, 2.05) is 0 Å². The molecule has 0 amide bonds. The summed E-state index contributed by atoms with van der Waals surface area (Å²) in [5, 5.41) is 21.3. The maximum atomic E-state index is 15.7. The highest BCUT2D eigenvalue weighted by molar-refractivity contribution is 6.31. The van der Waals surface area contributed by atoms with Crippen LogP contribution in [0, 0.1) is 17.1 Å². The van der Waals surface area contributed by atoms with Crippen LogP contribution in [0.15, 0.2) is 40.8 Å². The summed E-state index contributed by atoms with van der Waals surface area (Å²) < 4.78 is 49.4. The Hall–Kier alpha value is -4.34. The van der Waals surface area contributed by atoms with Crippen molar-refractivity contribution in [1.29, 1.82) is 5.26 Å². The first kappa shape index (κ1) is 25.9. The fourth-order valence-corrected chi connectivity index (χ4v) is 5.13. The summed E-state index contributed by atoms with van der Waals surface area (Å²) in [6, 6.07) is 6.68. The number of nitriles is 1. The molecule has 1 saturated heterocycles. The van der Waals surface area contributed by atoms with Crippen LogP contribution in [0.25, 0.3) is 33.2 Å². The highest BCUT2D eigenvalue weighted by Gasteiger charge is 2.31. The topological polar surface area (TPSA) is 126 Å². The van der Waals surface area contributed by atoms with Crippen LogP contribution in [0.1, 0.15) is 24.1 Å². The average Bonchev–Trinajstić information content (AvgIpc) is 3.63. The molecule has 13 heteroatoms. The zero-order chi connectivity index (χ0) is 28.3. The molecule has 2 aliphatic rings. The van der Waals surface area contributed by atoms with Crippen molar-refractivity contribution in [2.24, 2.45) is 12.8 Å². The number of aromatic amines is 1. The van der Waals surface area contributed by atoms with Gasteiger partial charge >= 0.3 is 0 Å². The molecule has 0 unspecified atom stereocenters. The third-order valence-corrected chi connectivity index (χ3v) is 7.39. The van der Waals surface area contributed by atoms with Crippen LogP contribution in [-0.4, -0.2) is 39.2 Å². The Morgan fingerprint density at radius 3 is 2.70 bits per heavy atom. The van der Waals surface area contributed by atoms with Gasteiger partial charge in [-0.2, -0.15) is 24.2 Å². The average molecular weight is 568 g/mol. The molecule has 0 atom stereocenters. The number of hydrogen-bond acceptors (Lipinski definition) is 7. The molecule has 1 aliphatic heterocycles. The van der Waals surface area contributed by atoms with Gasteiger partial charge in [-0.15, -0.1) is 0 Å². The number of H-pyrrole nitrogens is 1. The third kappa shape index (κ3) is 4.18. The quantitative estimate of drug-likeness (QED) is 0.348. The highest BCUT2D eigenvalue weighted by atomic mass is 35.5. The standard InChI is InChI=1S/C27H21ClF3N7O2/c1-37-25(23-16(7-32)21(40-14-2-3-14)6-18(28)24(23)29)17(9-34-37)12-4-15-19(8-33)35-36-27(39)22(15)20(5-12)38-10-13(11-38)26(30)31/h4-6,9,14H,2-3,8,10-11,33H2,1H3,(H,36,39). The van der Waals surface area contributed by atoms with Crippen LogP contribution in [0.4, 0.5) is 18.9 Å². The minimum atomic E-state index is -1.76. The van der Waals surface area contributed by atoms with Gasteiger partial charge in [0.25, 0.3) is 11.6 Å². The van der Waals surface area contributed by atoms with Crippen molar-refractivity contribution < 1.29 is 17.9 Å². The van der Waals surface area contributed by atoms with E-state index in [1.54, 1.807) is 24.1 Å². The van der Waals surface area contributed by atoms with Crippen molar-refractivity contribution in [1.82, 2.24) is 20.0 Å². The number of hydrogen-bond donors (Lipinski definition) is 2. The number of aromatic nitrogens is 4. The zero-order valence-corrected chi connectivity index (χ0v) is 21.8.